The molecule has 0 aliphatic heterocycles. The Morgan fingerprint density at radius 2 is 1.71 bits per heavy atom. The van der Waals surface area contributed by atoms with Gasteiger partial charge in [-0.3, -0.25) is 0 Å². The molecule has 0 heterocycles. The molecule has 0 saturated heterocycles. The van der Waals surface area contributed by atoms with Crippen LogP contribution in [0.4, 0.5) is 0 Å². The van der Waals surface area contributed by atoms with Gasteiger partial charge in [-0.25, -0.2) is 0 Å². The lowest BCUT2D eigenvalue weighted by Gasteiger charge is -2.11. The van der Waals surface area contributed by atoms with Crippen LogP contribution in [0.3, 0.4) is 0 Å². The Bertz CT molecular complexity index is 768. The number of fused-ring (bicyclic) bond motifs is 1. The zero-order valence-corrected chi connectivity index (χ0v) is 13.3. The summed E-state index contributed by atoms with van der Waals surface area (Å²) in [6.45, 7) is 0.473. The number of ether oxygens (including phenoxy) is 2. The highest BCUT2D eigenvalue weighted by Gasteiger charge is 2.05. The number of halogens is 1. The zero-order chi connectivity index (χ0) is 14.7. The molecule has 0 spiro atoms. The summed E-state index contributed by atoms with van der Waals surface area (Å²) in [4.78, 5) is 0. The molecule has 2 nitrogen and oxygen atoms in total. The molecule has 0 aromatic heterocycles. The summed E-state index contributed by atoms with van der Waals surface area (Å²) in [5, 5.41) is 2.39. The first-order valence-corrected chi connectivity index (χ1v) is 7.49. The molecule has 3 heteroatoms. The Kier molecular flexibility index (Phi) is 4.11. The first-order valence-electron chi connectivity index (χ1n) is 6.70. The fourth-order valence-electron chi connectivity index (χ4n) is 2.28. The normalized spacial score (nSPS) is 10.6. The standard InChI is InChI=1S/C18H15BrO2/c1-20-18-9-7-16(19)10-15(18)12-21-17-8-6-13-4-2-3-5-14(13)11-17/h2-11H,12H2,1H3. The van der Waals surface area contributed by atoms with Gasteiger partial charge in [-0.15, -0.1) is 0 Å². The average Bonchev–Trinajstić information content (AvgIpc) is 2.53. The van der Waals surface area contributed by atoms with Gasteiger partial charge >= 0.3 is 0 Å². The first-order chi connectivity index (χ1) is 10.3. The minimum atomic E-state index is 0.473. The lowest BCUT2D eigenvalue weighted by atomic mass is 10.1. The highest BCUT2D eigenvalue weighted by atomic mass is 79.9. The SMILES string of the molecule is COc1ccc(Br)cc1COc1ccc2ccccc2c1. The van der Waals surface area contributed by atoms with Crippen LogP contribution in [0.15, 0.2) is 65.1 Å². The topological polar surface area (TPSA) is 18.5 Å². The van der Waals surface area contributed by atoms with E-state index < -0.39 is 0 Å². The molecule has 0 saturated carbocycles. The molecule has 3 aromatic rings. The quantitative estimate of drug-likeness (QED) is 0.649. The molecular weight excluding hydrogens is 328 g/mol. The van der Waals surface area contributed by atoms with Gasteiger partial charge in [-0.2, -0.15) is 0 Å². The van der Waals surface area contributed by atoms with Gasteiger partial charge in [-0.1, -0.05) is 46.3 Å². The minimum absolute atomic E-state index is 0.473. The van der Waals surface area contributed by atoms with Gasteiger partial charge in [0.05, 0.1) is 7.11 Å². The number of rotatable bonds is 4. The fourth-order valence-corrected chi connectivity index (χ4v) is 2.69. The lowest BCUT2D eigenvalue weighted by molar-refractivity contribution is 0.297. The van der Waals surface area contributed by atoms with Gasteiger partial charge in [0.15, 0.2) is 0 Å². The van der Waals surface area contributed by atoms with Crippen molar-refractivity contribution in [2.75, 3.05) is 7.11 Å². The Morgan fingerprint density at radius 1 is 0.905 bits per heavy atom. The molecule has 0 atom stereocenters. The van der Waals surface area contributed by atoms with Crippen LogP contribution in [0.5, 0.6) is 11.5 Å². The van der Waals surface area contributed by atoms with Crippen LogP contribution in [0, 0.1) is 0 Å². The van der Waals surface area contributed by atoms with E-state index in [4.69, 9.17) is 9.47 Å². The number of hydrogen-bond donors (Lipinski definition) is 0. The van der Waals surface area contributed by atoms with Crippen LogP contribution in [-0.4, -0.2) is 7.11 Å². The summed E-state index contributed by atoms with van der Waals surface area (Å²) in [6.07, 6.45) is 0. The Balaban J connectivity index is 1.81. The largest absolute Gasteiger partial charge is 0.496 e. The van der Waals surface area contributed by atoms with E-state index in [9.17, 15) is 0 Å². The second kappa shape index (κ2) is 6.19. The second-order valence-electron chi connectivity index (χ2n) is 4.75. The van der Waals surface area contributed by atoms with Crippen molar-refractivity contribution >= 4 is 26.7 Å². The van der Waals surface area contributed by atoms with E-state index in [1.165, 1.54) is 10.8 Å². The van der Waals surface area contributed by atoms with E-state index in [1.807, 2.05) is 36.4 Å². The van der Waals surface area contributed by atoms with Crippen molar-refractivity contribution in [1.82, 2.24) is 0 Å². The molecule has 106 valence electrons. The Labute approximate surface area is 132 Å². The summed E-state index contributed by atoms with van der Waals surface area (Å²) in [6, 6.07) is 20.3. The van der Waals surface area contributed by atoms with E-state index in [2.05, 4.69) is 40.2 Å². The molecule has 0 fully saturated rings. The van der Waals surface area contributed by atoms with Gasteiger partial charge < -0.3 is 9.47 Å². The molecule has 0 unspecified atom stereocenters. The predicted octanol–water partition coefficient (Wildman–Crippen LogP) is 5.19. The zero-order valence-electron chi connectivity index (χ0n) is 11.7. The van der Waals surface area contributed by atoms with Crippen molar-refractivity contribution in [2.45, 2.75) is 6.61 Å². The number of methoxy groups -OCH3 is 1. The fraction of sp³-hybridized carbons (Fsp3) is 0.111. The molecule has 21 heavy (non-hydrogen) atoms. The van der Waals surface area contributed by atoms with Crippen LogP contribution in [0.2, 0.25) is 0 Å². The molecule has 3 rings (SSSR count). The van der Waals surface area contributed by atoms with Crippen LogP contribution < -0.4 is 9.47 Å². The maximum Gasteiger partial charge on any atom is 0.125 e. The van der Waals surface area contributed by atoms with E-state index >= 15 is 0 Å². The molecule has 0 amide bonds. The summed E-state index contributed by atoms with van der Waals surface area (Å²) in [7, 11) is 1.67. The van der Waals surface area contributed by atoms with Gasteiger partial charge in [-0.05, 0) is 41.1 Å². The highest BCUT2D eigenvalue weighted by Crippen LogP contribution is 2.26. The lowest BCUT2D eigenvalue weighted by Crippen LogP contribution is -1.98. The van der Waals surface area contributed by atoms with E-state index in [0.717, 1.165) is 21.5 Å². The Morgan fingerprint density at radius 3 is 2.52 bits per heavy atom. The molecule has 0 radical (unpaired) electrons. The average molecular weight is 343 g/mol. The molecule has 0 N–H and O–H groups in total. The minimum Gasteiger partial charge on any atom is -0.496 e. The molecule has 0 bridgehead atoms. The molecule has 0 aliphatic carbocycles. The second-order valence-corrected chi connectivity index (χ2v) is 5.67. The summed E-state index contributed by atoms with van der Waals surface area (Å²) in [5.74, 6) is 1.69. The van der Waals surface area contributed by atoms with Crippen molar-refractivity contribution in [1.29, 1.82) is 0 Å². The maximum absolute atomic E-state index is 5.90. The first kappa shape index (κ1) is 14.0. The summed E-state index contributed by atoms with van der Waals surface area (Å²) < 4.78 is 12.3. The Hall–Kier alpha value is -2.00. The van der Waals surface area contributed by atoms with E-state index in [0.29, 0.717) is 6.61 Å². The van der Waals surface area contributed by atoms with E-state index in [-0.39, 0.29) is 0 Å². The third kappa shape index (κ3) is 3.19. The monoisotopic (exact) mass is 342 g/mol. The van der Waals surface area contributed by atoms with Crippen LogP contribution in [0.1, 0.15) is 5.56 Å². The van der Waals surface area contributed by atoms with Gasteiger partial charge in [0.2, 0.25) is 0 Å². The van der Waals surface area contributed by atoms with Crippen molar-refractivity contribution in [3.05, 3.63) is 70.7 Å². The van der Waals surface area contributed by atoms with Crippen LogP contribution in [-0.2, 0) is 6.61 Å². The van der Waals surface area contributed by atoms with Gasteiger partial charge in [0.1, 0.15) is 18.1 Å². The van der Waals surface area contributed by atoms with Crippen molar-refractivity contribution in [2.24, 2.45) is 0 Å². The van der Waals surface area contributed by atoms with Crippen molar-refractivity contribution in [3.8, 4) is 11.5 Å². The number of benzene rings is 3. The molecule has 0 aliphatic rings. The molecule has 3 aromatic carbocycles. The number of hydrogen-bond acceptors (Lipinski definition) is 2. The highest BCUT2D eigenvalue weighted by molar-refractivity contribution is 9.10. The third-order valence-corrected chi connectivity index (χ3v) is 3.85. The predicted molar refractivity (Wildman–Crippen MR) is 89.0 cm³/mol. The van der Waals surface area contributed by atoms with Gasteiger partial charge in [0, 0.05) is 10.0 Å². The van der Waals surface area contributed by atoms with Crippen molar-refractivity contribution in [3.63, 3.8) is 0 Å². The van der Waals surface area contributed by atoms with Crippen molar-refractivity contribution < 1.29 is 9.47 Å². The maximum atomic E-state index is 5.90. The summed E-state index contributed by atoms with van der Waals surface area (Å²) >= 11 is 3.47. The van der Waals surface area contributed by atoms with Gasteiger partial charge in [0.25, 0.3) is 0 Å². The smallest absolute Gasteiger partial charge is 0.125 e. The summed E-state index contributed by atoms with van der Waals surface area (Å²) in [5.41, 5.74) is 1.01. The molecular formula is C18H15BrO2. The van der Waals surface area contributed by atoms with Crippen LogP contribution in [0.25, 0.3) is 10.8 Å². The van der Waals surface area contributed by atoms with E-state index in [1.54, 1.807) is 7.11 Å². The third-order valence-electron chi connectivity index (χ3n) is 3.36. The van der Waals surface area contributed by atoms with Crippen LogP contribution >= 0.6 is 15.9 Å².